The maximum absolute atomic E-state index is 12.6. The zero-order valence-electron chi connectivity index (χ0n) is 10.5. The van der Waals surface area contributed by atoms with Gasteiger partial charge in [-0.2, -0.15) is 13.2 Å². The van der Waals surface area contributed by atoms with Gasteiger partial charge < -0.3 is 4.90 Å². The monoisotopic (exact) mass is 279 g/mol. The van der Waals surface area contributed by atoms with Crippen molar-refractivity contribution in [3.63, 3.8) is 0 Å². The topological polar surface area (TPSA) is 3.24 Å². The summed E-state index contributed by atoms with van der Waals surface area (Å²) >= 11 is 5.81. The van der Waals surface area contributed by atoms with Gasteiger partial charge in [0.1, 0.15) is 6.54 Å². The van der Waals surface area contributed by atoms with Crippen molar-refractivity contribution in [3.05, 3.63) is 29.3 Å². The Morgan fingerprint density at radius 2 is 1.94 bits per heavy atom. The van der Waals surface area contributed by atoms with E-state index in [9.17, 15) is 13.2 Å². The van der Waals surface area contributed by atoms with E-state index >= 15 is 0 Å². The molecule has 0 saturated carbocycles. The summed E-state index contributed by atoms with van der Waals surface area (Å²) in [6.45, 7) is 3.19. The number of anilines is 1. The molecule has 18 heavy (non-hydrogen) atoms. The van der Waals surface area contributed by atoms with Crippen molar-refractivity contribution < 1.29 is 13.2 Å². The lowest BCUT2D eigenvalue weighted by molar-refractivity contribution is -0.119. The van der Waals surface area contributed by atoms with Crippen LogP contribution in [-0.2, 0) is 5.88 Å². The maximum atomic E-state index is 12.6. The largest absolute Gasteiger partial charge is 0.405 e. The summed E-state index contributed by atoms with van der Waals surface area (Å²) in [5.74, 6) is 0.217. The van der Waals surface area contributed by atoms with E-state index < -0.39 is 12.7 Å². The molecule has 1 nitrogen and oxygen atoms in total. The van der Waals surface area contributed by atoms with E-state index in [-0.39, 0.29) is 5.88 Å². The van der Waals surface area contributed by atoms with Crippen LogP contribution in [0, 0.1) is 6.92 Å². The molecule has 0 aliphatic carbocycles. The van der Waals surface area contributed by atoms with Crippen molar-refractivity contribution in [2.75, 3.05) is 18.0 Å². The molecule has 0 aromatic heterocycles. The van der Waals surface area contributed by atoms with Crippen LogP contribution in [0.25, 0.3) is 0 Å². The highest BCUT2D eigenvalue weighted by atomic mass is 35.5. The summed E-state index contributed by atoms with van der Waals surface area (Å²) in [5, 5.41) is 0. The number of rotatable bonds is 5. The van der Waals surface area contributed by atoms with Crippen molar-refractivity contribution >= 4 is 17.3 Å². The zero-order chi connectivity index (χ0) is 13.8. The lowest BCUT2D eigenvalue weighted by Crippen LogP contribution is -2.35. The second-order valence-electron chi connectivity index (χ2n) is 4.30. The van der Waals surface area contributed by atoms with Crippen LogP contribution in [0.15, 0.2) is 18.2 Å². The summed E-state index contributed by atoms with van der Waals surface area (Å²) in [7, 11) is 0. The molecule has 0 spiro atoms. The highest BCUT2D eigenvalue weighted by molar-refractivity contribution is 6.17. The molecule has 0 fully saturated rings. The molecule has 0 aliphatic rings. The smallest absolute Gasteiger partial charge is 0.362 e. The Hall–Kier alpha value is -0.900. The molecule has 1 rings (SSSR count). The van der Waals surface area contributed by atoms with Crippen LogP contribution in [0.1, 0.15) is 24.5 Å². The lowest BCUT2D eigenvalue weighted by atomic mass is 10.1. The quantitative estimate of drug-likeness (QED) is 0.717. The third kappa shape index (κ3) is 4.41. The van der Waals surface area contributed by atoms with E-state index in [0.717, 1.165) is 11.1 Å². The Bertz CT molecular complexity index is 390. The van der Waals surface area contributed by atoms with Crippen LogP contribution in [0.3, 0.4) is 0 Å². The second kappa shape index (κ2) is 6.32. The van der Waals surface area contributed by atoms with Gasteiger partial charge in [-0.1, -0.05) is 24.6 Å². The minimum Gasteiger partial charge on any atom is -0.362 e. The van der Waals surface area contributed by atoms with Gasteiger partial charge in [-0.05, 0) is 25.0 Å². The molecule has 0 atom stereocenters. The van der Waals surface area contributed by atoms with Crippen LogP contribution in [0.4, 0.5) is 18.9 Å². The fourth-order valence-electron chi connectivity index (χ4n) is 1.90. The maximum Gasteiger partial charge on any atom is 0.405 e. The standard InChI is InChI=1S/C13H17ClF3N/c1-3-6-18(9-13(15,16)17)12-5-4-10(2)7-11(12)8-14/h4-5,7H,3,6,8-9H2,1-2H3. The van der Waals surface area contributed by atoms with Gasteiger partial charge in [0.25, 0.3) is 0 Å². The van der Waals surface area contributed by atoms with E-state index in [2.05, 4.69) is 0 Å². The van der Waals surface area contributed by atoms with Crippen LogP contribution in [0.2, 0.25) is 0 Å². The number of alkyl halides is 4. The lowest BCUT2D eigenvalue weighted by Gasteiger charge is -2.27. The molecular weight excluding hydrogens is 263 g/mol. The molecule has 0 bridgehead atoms. The van der Waals surface area contributed by atoms with Gasteiger partial charge in [0.05, 0.1) is 0 Å². The third-order valence-corrected chi connectivity index (χ3v) is 2.87. The highest BCUT2D eigenvalue weighted by Crippen LogP contribution is 2.27. The summed E-state index contributed by atoms with van der Waals surface area (Å²) in [5.41, 5.74) is 2.32. The number of hydrogen-bond donors (Lipinski definition) is 0. The predicted molar refractivity (Wildman–Crippen MR) is 69.3 cm³/mol. The molecule has 0 amide bonds. The molecule has 0 N–H and O–H groups in total. The fraction of sp³-hybridized carbons (Fsp3) is 0.538. The van der Waals surface area contributed by atoms with Gasteiger partial charge in [0, 0.05) is 18.1 Å². The molecule has 0 radical (unpaired) electrons. The molecule has 0 aliphatic heterocycles. The average molecular weight is 280 g/mol. The van der Waals surface area contributed by atoms with Crippen molar-refractivity contribution in [1.82, 2.24) is 0 Å². The Balaban J connectivity index is 3.04. The highest BCUT2D eigenvalue weighted by Gasteiger charge is 2.31. The van der Waals surface area contributed by atoms with Gasteiger partial charge in [-0.3, -0.25) is 0 Å². The zero-order valence-corrected chi connectivity index (χ0v) is 11.3. The van der Waals surface area contributed by atoms with Crippen LogP contribution in [-0.4, -0.2) is 19.3 Å². The van der Waals surface area contributed by atoms with Crippen molar-refractivity contribution in [1.29, 1.82) is 0 Å². The van der Waals surface area contributed by atoms with Gasteiger partial charge >= 0.3 is 6.18 Å². The van der Waals surface area contributed by atoms with Gasteiger partial charge in [0.15, 0.2) is 0 Å². The molecule has 102 valence electrons. The Kier molecular flexibility index (Phi) is 5.32. The minimum atomic E-state index is -4.20. The SMILES string of the molecule is CCCN(CC(F)(F)F)c1ccc(C)cc1CCl. The van der Waals surface area contributed by atoms with Crippen molar-refractivity contribution in [2.45, 2.75) is 32.3 Å². The van der Waals surface area contributed by atoms with Crippen molar-refractivity contribution in [3.8, 4) is 0 Å². The Morgan fingerprint density at radius 3 is 2.44 bits per heavy atom. The third-order valence-electron chi connectivity index (χ3n) is 2.58. The van der Waals surface area contributed by atoms with Crippen LogP contribution < -0.4 is 4.90 Å². The van der Waals surface area contributed by atoms with Crippen LogP contribution >= 0.6 is 11.6 Å². The first-order valence-corrected chi connectivity index (χ1v) is 6.38. The fourth-order valence-corrected chi connectivity index (χ4v) is 2.11. The first-order chi connectivity index (χ1) is 8.37. The summed E-state index contributed by atoms with van der Waals surface area (Å²) in [4.78, 5) is 1.34. The van der Waals surface area contributed by atoms with E-state index in [0.29, 0.717) is 18.7 Å². The summed E-state index contributed by atoms with van der Waals surface area (Å²) < 4.78 is 37.7. The molecule has 1 aromatic carbocycles. The normalized spacial score (nSPS) is 11.7. The number of aryl methyl sites for hydroxylation is 1. The van der Waals surface area contributed by atoms with Gasteiger partial charge in [-0.15, -0.1) is 11.6 Å². The minimum absolute atomic E-state index is 0.217. The number of benzene rings is 1. The van der Waals surface area contributed by atoms with E-state index in [4.69, 9.17) is 11.6 Å². The number of halogens is 4. The van der Waals surface area contributed by atoms with E-state index in [1.165, 1.54) is 4.90 Å². The molecular formula is C13H17ClF3N. The molecule has 0 unspecified atom stereocenters. The Morgan fingerprint density at radius 1 is 1.28 bits per heavy atom. The number of nitrogens with zero attached hydrogens (tertiary/aromatic N) is 1. The first kappa shape index (κ1) is 15.2. The molecule has 5 heteroatoms. The first-order valence-electron chi connectivity index (χ1n) is 5.84. The second-order valence-corrected chi connectivity index (χ2v) is 4.57. The van der Waals surface area contributed by atoms with Gasteiger partial charge in [0.2, 0.25) is 0 Å². The molecule has 0 saturated heterocycles. The predicted octanol–water partition coefficient (Wildman–Crippen LogP) is 4.51. The van der Waals surface area contributed by atoms with Crippen molar-refractivity contribution in [2.24, 2.45) is 0 Å². The summed E-state index contributed by atoms with van der Waals surface area (Å²) in [6, 6.07) is 5.36. The summed E-state index contributed by atoms with van der Waals surface area (Å²) in [6.07, 6.45) is -3.55. The average Bonchev–Trinajstić information content (AvgIpc) is 2.26. The van der Waals surface area contributed by atoms with Gasteiger partial charge in [-0.25, -0.2) is 0 Å². The Labute approximate surface area is 111 Å². The van der Waals surface area contributed by atoms with E-state index in [1.54, 1.807) is 6.07 Å². The van der Waals surface area contributed by atoms with E-state index in [1.807, 2.05) is 26.0 Å². The number of hydrogen-bond acceptors (Lipinski definition) is 1. The molecule has 0 heterocycles. The molecule has 1 aromatic rings. The van der Waals surface area contributed by atoms with Crippen LogP contribution in [0.5, 0.6) is 0 Å².